The normalized spacial score (nSPS) is 11.5. The van der Waals surface area contributed by atoms with Crippen LogP contribution >= 0.6 is 0 Å². The van der Waals surface area contributed by atoms with E-state index in [-0.39, 0.29) is 28.5 Å². The fourth-order valence-electron chi connectivity index (χ4n) is 4.93. The second-order valence-corrected chi connectivity index (χ2v) is 11.9. The number of anilines is 1. The molecule has 1 aromatic heterocycles. The van der Waals surface area contributed by atoms with Gasteiger partial charge in [0.15, 0.2) is 0 Å². The molecule has 4 aromatic carbocycles. The molecule has 0 fully saturated rings. The maximum atomic E-state index is 14.0. The van der Waals surface area contributed by atoms with Crippen molar-refractivity contribution in [2.45, 2.75) is 25.3 Å². The van der Waals surface area contributed by atoms with Crippen molar-refractivity contribution < 1.29 is 22.3 Å². The van der Waals surface area contributed by atoms with E-state index in [1.54, 1.807) is 48.5 Å². The quantitative estimate of drug-likeness (QED) is 0.146. The fraction of sp³-hybridized carbons (Fsp3) is 0.118. The number of carbonyl (C=O) groups is 1. The Morgan fingerprint density at radius 2 is 1.59 bits per heavy atom. The molecule has 0 spiro atoms. The van der Waals surface area contributed by atoms with Gasteiger partial charge in [0, 0.05) is 22.6 Å². The molecule has 0 aliphatic heterocycles. The number of amides is 1. The zero-order valence-electron chi connectivity index (χ0n) is 24.4. The summed E-state index contributed by atoms with van der Waals surface area (Å²) >= 11 is 0. The number of sulfonamides is 1. The number of aryl methyl sites for hydroxylation is 1. The zero-order chi connectivity index (χ0) is 31.3. The molecule has 5 aromatic rings. The van der Waals surface area contributed by atoms with Crippen molar-refractivity contribution in [1.29, 1.82) is 0 Å². The van der Waals surface area contributed by atoms with E-state index in [0.29, 0.717) is 5.75 Å². The number of halogens is 1. The van der Waals surface area contributed by atoms with Gasteiger partial charge in [0.25, 0.3) is 15.9 Å². The van der Waals surface area contributed by atoms with E-state index in [1.165, 1.54) is 41.9 Å². The summed E-state index contributed by atoms with van der Waals surface area (Å²) in [6.45, 7) is 3.82. The maximum Gasteiger partial charge on any atom is 0.273 e. The highest BCUT2D eigenvalue weighted by atomic mass is 32.2. The SMILES string of the molecule is COc1ccc(S(=O)(=O)N(Cc2ccccc2)c2ccccc2C(=O)N/N=C\c2cc(C)n(-c3ccc(F)cc3)c2C)cc1. The molecule has 0 unspecified atom stereocenters. The lowest BCUT2D eigenvalue weighted by Gasteiger charge is -2.26. The number of ether oxygens (including phenoxy) is 1. The van der Waals surface area contributed by atoms with Crippen LogP contribution < -0.4 is 14.5 Å². The molecular formula is C34H31FN4O4S. The largest absolute Gasteiger partial charge is 0.497 e. The van der Waals surface area contributed by atoms with E-state index >= 15 is 0 Å². The monoisotopic (exact) mass is 610 g/mol. The molecule has 1 heterocycles. The van der Waals surface area contributed by atoms with Gasteiger partial charge in [-0.2, -0.15) is 5.10 Å². The minimum absolute atomic E-state index is 0.00185. The van der Waals surface area contributed by atoms with Crippen LogP contribution in [0.3, 0.4) is 0 Å². The molecule has 44 heavy (non-hydrogen) atoms. The van der Waals surface area contributed by atoms with Crippen LogP contribution in [-0.4, -0.2) is 32.2 Å². The number of hydrazone groups is 1. The Bertz CT molecular complexity index is 1900. The second kappa shape index (κ2) is 13.0. The Kier molecular flexibility index (Phi) is 8.91. The smallest absolute Gasteiger partial charge is 0.273 e. The van der Waals surface area contributed by atoms with Gasteiger partial charge in [0.1, 0.15) is 11.6 Å². The topological polar surface area (TPSA) is 93.0 Å². The molecular weight excluding hydrogens is 579 g/mol. The number of rotatable bonds is 10. The van der Waals surface area contributed by atoms with Crippen LogP contribution in [0, 0.1) is 19.7 Å². The van der Waals surface area contributed by atoms with E-state index in [9.17, 15) is 17.6 Å². The molecule has 224 valence electrons. The number of nitrogens with one attached hydrogen (secondary N) is 1. The molecule has 0 aliphatic rings. The average molecular weight is 611 g/mol. The Balaban J connectivity index is 1.45. The predicted octanol–water partition coefficient (Wildman–Crippen LogP) is 6.40. The minimum Gasteiger partial charge on any atom is -0.497 e. The number of hydrogen-bond donors (Lipinski definition) is 1. The number of methoxy groups -OCH3 is 1. The summed E-state index contributed by atoms with van der Waals surface area (Å²) < 4.78 is 49.9. The van der Waals surface area contributed by atoms with Crippen LogP contribution in [0.15, 0.2) is 119 Å². The fourth-order valence-corrected chi connectivity index (χ4v) is 6.41. The number of para-hydroxylation sites is 1. The van der Waals surface area contributed by atoms with Crippen molar-refractivity contribution in [2.75, 3.05) is 11.4 Å². The van der Waals surface area contributed by atoms with E-state index in [4.69, 9.17) is 4.74 Å². The molecule has 1 amide bonds. The van der Waals surface area contributed by atoms with E-state index < -0.39 is 15.9 Å². The van der Waals surface area contributed by atoms with Crippen LogP contribution in [-0.2, 0) is 16.6 Å². The molecule has 10 heteroatoms. The van der Waals surface area contributed by atoms with Crippen molar-refractivity contribution in [2.24, 2.45) is 5.10 Å². The summed E-state index contributed by atoms with van der Waals surface area (Å²) in [5.41, 5.74) is 6.95. The molecule has 0 aliphatic carbocycles. The van der Waals surface area contributed by atoms with Gasteiger partial charge in [-0.3, -0.25) is 9.10 Å². The van der Waals surface area contributed by atoms with E-state index in [0.717, 1.165) is 28.2 Å². The van der Waals surface area contributed by atoms with Gasteiger partial charge in [-0.15, -0.1) is 0 Å². The molecule has 8 nitrogen and oxygen atoms in total. The summed E-state index contributed by atoms with van der Waals surface area (Å²) in [6, 6.07) is 29.8. The summed E-state index contributed by atoms with van der Waals surface area (Å²) in [7, 11) is -2.59. The number of hydrogen-bond acceptors (Lipinski definition) is 5. The summed E-state index contributed by atoms with van der Waals surface area (Å²) in [4.78, 5) is 13.5. The minimum atomic E-state index is -4.10. The third-order valence-corrected chi connectivity index (χ3v) is 8.93. The first-order valence-corrected chi connectivity index (χ1v) is 15.2. The van der Waals surface area contributed by atoms with E-state index in [2.05, 4.69) is 10.5 Å². The van der Waals surface area contributed by atoms with Crippen LogP contribution in [0.2, 0.25) is 0 Å². The molecule has 0 saturated carbocycles. The van der Waals surface area contributed by atoms with Gasteiger partial charge in [-0.1, -0.05) is 42.5 Å². The third-order valence-electron chi connectivity index (χ3n) is 7.16. The van der Waals surface area contributed by atoms with Crippen molar-refractivity contribution in [3.05, 3.63) is 143 Å². The molecule has 0 bridgehead atoms. The van der Waals surface area contributed by atoms with Crippen LogP contribution in [0.5, 0.6) is 5.75 Å². The highest BCUT2D eigenvalue weighted by Crippen LogP contribution is 2.30. The second-order valence-electron chi connectivity index (χ2n) is 10.0. The highest BCUT2D eigenvalue weighted by Gasteiger charge is 2.28. The first-order chi connectivity index (χ1) is 21.2. The Morgan fingerprint density at radius 3 is 2.27 bits per heavy atom. The Labute approximate surface area is 256 Å². The van der Waals surface area contributed by atoms with Crippen LogP contribution in [0.4, 0.5) is 10.1 Å². The molecule has 0 atom stereocenters. The highest BCUT2D eigenvalue weighted by molar-refractivity contribution is 7.92. The lowest BCUT2D eigenvalue weighted by atomic mass is 10.1. The van der Waals surface area contributed by atoms with Crippen LogP contribution in [0.25, 0.3) is 5.69 Å². The first-order valence-electron chi connectivity index (χ1n) is 13.8. The average Bonchev–Trinajstić information content (AvgIpc) is 3.32. The van der Waals surface area contributed by atoms with Gasteiger partial charge in [0.05, 0.1) is 36.0 Å². The zero-order valence-corrected chi connectivity index (χ0v) is 25.3. The van der Waals surface area contributed by atoms with Gasteiger partial charge in [-0.05, 0) is 86.1 Å². The van der Waals surface area contributed by atoms with Crippen molar-refractivity contribution in [1.82, 2.24) is 9.99 Å². The summed E-state index contributed by atoms with van der Waals surface area (Å²) in [5.74, 6) is -0.373. The van der Waals surface area contributed by atoms with Gasteiger partial charge in [0.2, 0.25) is 0 Å². The molecule has 1 N–H and O–H groups in total. The number of nitrogens with zero attached hydrogens (tertiary/aromatic N) is 3. The lowest BCUT2D eigenvalue weighted by Crippen LogP contribution is -2.33. The summed E-state index contributed by atoms with van der Waals surface area (Å²) in [6.07, 6.45) is 1.53. The van der Waals surface area contributed by atoms with Crippen molar-refractivity contribution in [3.8, 4) is 11.4 Å². The van der Waals surface area contributed by atoms with Gasteiger partial charge < -0.3 is 9.30 Å². The number of carbonyl (C=O) groups excluding carboxylic acids is 1. The van der Waals surface area contributed by atoms with Crippen molar-refractivity contribution in [3.63, 3.8) is 0 Å². The van der Waals surface area contributed by atoms with Crippen LogP contribution in [0.1, 0.15) is 32.9 Å². The molecule has 5 rings (SSSR count). The lowest BCUT2D eigenvalue weighted by molar-refractivity contribution is 0.0955. The first kappa shape index (κ1) is 30.2. The predicted molar refractivity (Wildman–Crippen MR) is 170 cm³/mol. The van der Waals surface area contributed by atoms with Crippen molar-refractivity contribution >= 4 is 27.8 Å². The standard InChI is InChI=1S/C34H31FN4O4S/c1-24-21-27(25(2)39(24)29-15-13-28(35)14-16-29)22-36-37-34(40)32-11-7-8-12-33(32)38(23-26-9-5-4-6-10-26)44(41,42)31-19-17-30(43-3)18-20-31/h4-22H,23H2,1-3H3,(H,37,40)/b36-22-. The number of aromatic nitrogens is 1. The molecule has 0 saturated heterocycles. The van der Waals surface area contributed by atoms with Gasteiger partial charge in [-0.25, -0.2) is 18.2 Å². The Morgan fingerprint density at radius 1 is 0.932 bits per heavy atom. The molecule has 0 radical (unpaired) electrons. The third kappa shape index (κ3) is 6.40. The van der Waals surface area contributed by atoms with E-state index in [1.807, 2.05) is 54.8 Å². The Hall–Kier alpha value is -5.22. The summed E-state index contributed by atoms with van der Waals surface area (Å²) in [5, 5.41) is 4.19. The number of benzene rings is 4. The van der Waals surface area contributed by atoms with Gasteiger partial charge >= 0.3 is 0 Å². The maximum absolute atomic E-state index is 14.0.